The van der Waals surface area contributed by atoms with Crippen molar-refractivity contribution in [1.82, 2.24) is 10.2 Å². The highest BCUT2D eigenvalue weighted by Crippen LogP contribution is 2.24. The predicted octanol–water partition coefficient (Wildman–Crippen LogP) is 5.06. The number of sulfonamides is 1. The second-order valence-electron chi connectivity index (χ2n) is 11.2. The molecular weight excluding hydrogens is 538 g/mol. The van der Waals surface area contributed by atoms with Crippen LogP contribution in [0.4, 0.5) is 5.69 Å². The lowest BCUT2D eigenvalue weighted by Crippen LogP contribution is -2.55. The van der Waals surface area contributed by atoms with E-state index in [1.54, 1.807) is 24.3 Å². The number of amides is 2. The Hall–Kier alpha value is -3.85. The summed E-state index contributed by atoms with van der Waals surface area (Å²) < 4.78 is 32.7. The average molecular weight is 580 g/mol. The zero-order chi connectivity index (χ0) is 30.2. The van der Waals surface area contributed by atoms with Gasteiger partial charge in [0.1, 0.15) is 24.9 Å². The van der Waals surface area contributed by atoms with Gasteiger partial charge in [-0.15, -0.1) is 0 Å². The zero-order valence-electron chi connectivity index (χ0n) is 24.8. The van der Waals surface area contributed by atoms with Crippen LogP contribution in [0.15, 0.2) is 78.9 Å². The molecule has 0 aromatic heterocycles. The third kappa shape index (κ3) is 9.63. The number of nitrogens with one attached hydrogen (secondary N) is 1. The topological polar surface area (TPSA) is 96.0 Å². The van der Waals surface area contributed by atoms with E-state index in [9.17, 15) is 18.0 Å². The lowest BCUT2D eigenvalue weighted by atomic mass is 10.1. The summed E-state index contributed by atoms with van der Waals surface area (Å²) in [5.41, 5.74) is 2.76. The molecule has 0 fully saturated rings. The van der Waals surface area contributed by atoms with Gasteiger partial charge in [0.05, 0.1) is 11.9 Å². The molecule has 0 unspecified atom stereocenters. The Morgan fingerprint density at radius 3 is 2.05 bits per heavy atom. The van der Waals surface area contributed by atoms with Crippen molar-refractivity contribution < 1.29 is 22.7 Å². The number of anilines is 1. The van der Waals surface area contributed by atoms with Crippen LogP contribution in [0.1, 0.15) is 50.8 Å². The summed E-state index contributed by atoms with van der Waals surface area (Å²) in [6.07, 6.45) is 1.43. The van der Waals surface area contributed by atoms with E-state index in [1.165, 1.54) is 4.90 Å². The van der Waals surface area contributed by atoms with Crippen LogP contribution in [-0.4, -0.2) is 49.5 Å². The van der Waals surface area contributed by atoms with Crippen molar-refractivity contribution in [2.45, 2.75) is 65.8 Å². The van der Waals surface area contributed by atoms with E-state index in [4.69, 9.17) is 4.74 Å². The minimum absolute atomic E-state index is 0.166. The number of hydrogen-bond acceptors (Lipinski definition) is 5. The Labute approximate surface area is 244 Å². The molecule has 0 spiro atoms. The normalized spacial score (nSPS) is 12.3. The molecule has 3 aromatic carbocycles. The molecule has 0 heterocycles. The largest absolute Gasteiger partial charge is 0.489 e. The van der Waals surface area contributed by atoms with Crippen molar-refractivity contribution in [3.8, 4) is 5.75 Å². The summed E-state index contributed by atoms with van der Waals surface area (Å²) in [6, 6.07) is 23.2. The minimum atomic E-state index is -3.83. The highest BCUT2D eigenvalue weighted by Gasteiger charge is 2.33. The van der Waals surface area contributed by atoms with Crippen molar-refractivity contribution >= 4 is 27.5 Å². The van der Waals surface area contributed by atoms with E-state index < -0.39 is 34.1 Å². The Kier molecular flexibility index (Phi) is 10.6. The molecule has 0 aliphatic carbocycles. The van der Waals surface area contributed by atoms with Crippen LogP contribution < -0.4 is 14.4 Å². The van der Waals surface area contributed by atoms with Gasteiger partial charge in [0, 0.05) is 12.1 Å². The van der Waals surface area contributed by atoms with Crippen molar-refractivity contribution in [3.63, 3.8) is 0 Å². The summed E-state index contributed by atoms with van der Waals surface area (Å²) in [5.74, 6) is -0.189. The number of nitrogens with zero attached hydrogens (tertiary/aromatic N) is 2. The molecule has 8 nitrogen and oxygen atoms in total. The van der Waals surface area contributed by atoms with Crippen molar-refractivity contribution in [3.05, 3.63) is 95.6 Å². The van der Waals surface area contributed by atoms with Crippen LogP contribution in [0, 0.1) is 6.92 Å². The molecule has 3 rings (SSSR count). The summed E-state index contributed by atoms with van der Waals surface area (Å²) in [4.78, 5) is 28.6. The summed E-state index contributed by atoms with van der Waals surface area (Å²) in [5, 5.41) is 2.97. The summed E-state index contributed by atoms with van der Waals surface area (Å²) in [7, 11) is -3.83. The first-order valence-corrected chi connectivity index (χ1v) is 15.5. The lowest BCUT2D eigenvalue weighted by Gasteiger charge is -2.34. The molecule has 1 N–H and O–H groups in total. The average Bonchev–Trinajstić information content (AvgIpc) is 2.91. The smallest absolute Gasteiger partial charge is 0.244 e. The number of rotatable bonds is 12. The SMILES string of the molecule is CC[C@@H](C(=O)NC(C)(C)C)N(Cc1ccc(C)cc1)C(=O)CN(c1ccc(OCc2ccccc2)cc1)S(C)(=O)=O. The van der Waals surface area contributed by atoms with E-state index in [0.717, 1.165) is 27.3 Å². The minimum Gasteiger partial charge on any atom is -0.489 e. The van der Waals surface area contributed by atoms with Gasteiger partial charge in [-0.1, -0.05) is 67.1 Å². The van der Waals surface area contributed by atoms with Gasteiger partial charge in [-0.2, -0.15) is 0 Å². The molecule has 0 aliphatic heterocycles. The molecule has 0 aliphatic rings. The third-order valence-corrected chi connectivity index (χ3v) is 7.55. The van der Waals surface area contributed by atoms with Gasteiger partial charge in [-0.05, 0) is 69.5 Å². The van der Waals surface area contributed by atoms with E-state index in [1.807, 2.05) is 89.2 Å². The van der Waals surface area contributed by atoms with Gasteiger partial charge >= 0.3 is 0 Å². The maximum atomic E-state index is 13.9. The molecule has 0 radical (unpaired) electrons. The second kappa shape index (κ2) is 13.7. The number of carbonyl (C=O) groups is 2. The number of benzene rings is 3. The molecule has 0 saturated carbocycles. The van der Waals surface area contributed by atoms with E-state index in [2.05, 4.69) is 5.32 Å². The fraction of sp³-hybridized carbons (Fsp3) is 0.375. The van der Waals surface area contributed by atoms with Crippen molar-refractivity contribution in [2.24, 2.45) is 0 Å². The fourth-order valence-electron chi connectivity index (χ4n) is 4.33. The maximum absolute atomic E-state index is 13.9. The van der Waals surface area contributed by atoms with Crippen LogP contribution in [-0.2, 0) is 32.8 Å². The molecule has 9 heteroatoms. The van der Waals surface area contributed by atoms with Crippen molar-refractivity contribution in [1.29, 1.82) is 0 Å². The number of ether oxygens (including phenoxy) is 1. The van der Waals surface area contributed by atoms with Gasteiger partial charge in [0.25, 0.3) is 0 Å². The zero-order valence-corrected chi connectivity index (χ0v) is 25.6. The summed E-state index contributed by atoms with van der Waals surface area (Å²) >= 11 is 0. The molecule has 41 heavy (non-hydrogen) atoms. The number of hydrogen-bond donors (Lipinski definition) is 1. The van der Waals surface area contributed by atoms with E-state index >= 15 is 0 Å². The highest BCUT2D eigenvalue weighted by atomic mass is 32.2. The van der Waals surface area contributed by atoms with Gasteiger partial charge in [-0.25, -0.2) is 8.42 Å². The third-order valence-electron chi connectivity index (χ3n) is 6.41. The Bertz CT molecular complexity index is 1400. The quantitative estimate of drug-likeness (QED) is 0.324. The number of carbonyl (C=O) groups excluding carboxylic acids is 2. The van der Waals surface area contributed by atoms with Gasteiger partial charge in [-0.3, -0.25) is 13.9 Å². The molecule has 3 aromatic rings. The molecule has 220 valence electrons. The molecule has 2 amide bonds. The maximum Gasteiger partial charge on any atom is 0.244 e. The Balaban J connectivity index is 1.86. The first-order chi connectivity index (χ1) is 19.3. The first kappa shape index (κ1) is 31.7. The molecule has 0 saturated heterocycles. The molecule has 0 bridgehead atoms. The predicted molar refractivity (Wildman–Crippen MR) is 163 cm³/mol. The fourth-order valence-corrected chi connectivity index (χ4v) is 5.18. The van der Waals surface area contributed by atoms with Crippen LogP contribution in [0.2, 0.25) is 0 Å². The van der Waals surface area contributed by atoms with Gasteiger partial charge in [0.15, 0.2) is 0 Å². The summed E-state index contributed by atoms with van der Waals surface area (Å²) in [6.45, 7) is 9.53. The van der Waals surface area contributed by atoms with Crippen LogP contribution in [0.5, 0.6) is 5.75 Å². The molecule has 1 atom stereocenters. The monoisotopic (exact) mass is 579 g/mol. The van der Waals surface area contributed by atoms with E-state index in [0.29, 0.717) is 24.5 Å². The van der Waals surface area contributed by atoms with Gasteiger partial charge in [0.2, 0.25) is 21.8 Å². The van der Waals surface area contributed by atoms with Crippen molar-refractivity contribution in [2.75, 3.05) is 17.1 Å². The molecular formula is C32H41N3O5S. The van der Waals surface area contributed by atoms with Crippen LogP contribution >= 0.6 is 0 Å². The first-order valence-electron chi connectivity index (χ1n) is 13.7. The van der Waals surface area contributed by atoms with Gasteiger partial charge < -0.3 is 15.0 Å². The van der Waals surface area contributed by atoms with Crippen LogP contribution in [0.3, 0.4) is 0 Å². The second-order valence-corrected chi connectivity index (χ2v) is 13.1. The Morgan fingerprint density at radius 1 is 0.902 bits per heavy atom. The van der Waals surface area contributed by atoms with Crippen LogP contribution in [0.25, 0.3) is 0 Å². The Morgan fingerprint density at radius 2 is 1.51 bits per heavy atom. The standard InChI is InChI=1S/C32H41N3O5S/c1-7-29(31(37)33-32(3,4)5)34(21-25-15-13-24(2)14-16-25)30(36)22-35(41(6,38)39)27-17-19-28(20-18-27)40-23-26-11-9-8-10-12-26/h8-20,29H,7,21-23H2,1-6H3,(H,33,37)/t29-/m0/s1. The number of aryl methyl sites for hydroxylation is 1. The van der Waals surface area contributed by atoms with E-state index in [-0.39, 0.29) is 12.5 Å². The lowest BCUT2D eigenvalue weighted by molar-refractivity contribution is -0.141. The highest BCUT2D eigenvalue weighted by molar-refractivity contribution is 7.92.